The van der Waals surface area contributed by atoms with Gasteiger partial charge in [-0.3, -0.25) is 4.68 Å². The quantitative estimate of drug-likeness (QED) is 0.859. The number of hydrogen-bond donors (Lipinski definition) is 1. The van der Waals surface area contributed by atoms with E-state index in [4.69, 9.17) is 0 Å². The van der Waals surface area contributed by atoms with Gasteiger partial charge in [-0.2, -0.15) is 5.10 Å². The maximum Gasteiger partial charge on any atom is 0.0641 e. The summed E-state index contributed by atoms with van der Waals surface area (Å²) in [4.78, 5) is 0. The average Bonchev–Trinajstić information content (AvgIpc) is 2.98. The van der Waals surface area contributed by atoms with Crippen molar-refractivity contribution in [3.63, 3.8) is 0 Å². The first-order chi connectivity index (χ1) is 9.27. The summed E-state index contributed by atoms with van der Waals surface area (Å²) in [6.45, 7) is 5.22. The van der Waals surface area contributed by atoms with Crippen molar-refractivity contribution in [3.8, 4) is 0 Å². The van der Waals surface area contributed by atoms with Crippen molar-refractivity contribution in [2.45, 2.75) is 25.9 Å². The normalized spacial score (nSPS) is 14.6. The fourth-order valence-corrected chi connectivity index (χ4v) is 1.93. The Morgan fingerprint density at radius 3 is 2.68 bits per heavy atom. The van der Waals surface area contributed by atoms with Crippen LogP contribution >= 0.6 is 0 Å². The highest BCUT2D eigenvalue weighted by molar-refractivity contribution is 5.48. The highest BCUT2D eigenvalue weighted by Crippen LogP contribution is 2.08. The zero-order valence-electron chi connectivity index (χ0n) is 11.5. The van der Waals surface area contributed by atoms with Crippen LogP contribution in [0.25, 0.3) is 6.08 Å². The summed E-state index contributed by atoms with van der Waals surface area (Å²) in [5.41, 5.74) is 1.23. The third kappa shape index (κ3) is 4.07. The molecule has 0 fully saturated rings. The number of nitrogens with one attached hydrogen (secondary N) is 1. The minimum absolute atomic E-state index is 0.347. The van der Waals surface area contributed by atoms with Crippen LogP contribution in [0.5, 0.6) is 0 Å². The molecule has 100 valence electrons. The Morgan fingerprint density at radius 1 is 1.21 bits per heavy atom. The first-order valence-corrected chi connectivity index (χ1v) is 6.71. The van der Waals surface area contributed by atoms with Gasteiger partial charge in [0.15, 0.2) is 0 Å². The van der Waals surface area contributed by atoms with Gasteiger partial charge in [-0.25, -0.2) is 0 Å². The van der Waals surface area contributed by atoms with E-state index in [-0.39, 0.29) is 0 Å². The molecule has 0 radical (unpaired) electrons. The van der Waals surface area contributed by atoms with Crippen LogP contribution in [-0.2, 0) is 0 Å². The highest BCUT2D eigenvalue weighted by Gasteiger charge is 2.12. The molecule has 2 rings (SSSR count). The van der Waals surface area contributed by atoms with Crippen LogP contribution in [0.2, 0.25) is 0 Å². The molecule has 19 heavy (non-hydrogen) atoms. The maximum atomic E-state index is 4.27. The van der Waals surface area contributed by atoms with Gasteiger partial charge < -0.3 is 5.32 Å². The largest absolute Gasteiger partial charge is 0.309 e. The SMILES string of the molecule is CC(NCC=Cc1ccccc1)C(C)n1cccn1. The number of hydrogen-bond acceptors (Lipinski definition) is 2. The Morgan fingerprint density at radius 2 is 2.00 bits per heavy atom. The van der Waals surface area contributed by atoms with Crippen LogP contribution in [-0.4, -0.2) is 22.4 Å². The molecule has 2 unspecified atom stereocenters. The van der Waals surface area contributed by atoms with Crippen LogP contribution in [0.4, 0.5) is 0 Å². The summed E-state index contributed by atoms with van der Waals surface area (Å²) in [5, 5.41) is 7.76. The minimum Gasteiger partial charge on any atom is -0.309 e. The molecule has 0 aliphatic heterocycles. The van der Waals surface area contributed by atoms with Crippen molar-refractivity contribution in [1.82, 2.24) is 15.1 Å². The van der Waals surface area contributed by atoms with Gasteiger partial charge in [-0.15, -0.1) is 0 Å². The Hall–Kier alpha value is -1.87. The summed E-state index contributed by atoms with van der Waals surface area (Å²) < 4.78 is 1.98. The van der Waals surface area contributed by atoms with E-state index < -0.39 is 0 Å². The lowest BCUT2D eigenvalue weighted by molar-refractivity contribution is 0.376. The van der Waals surface area contributed by atoms with Crippen molar-refractivity contribution in [2.24, 2.45) is 0 Å². The van der Waals surface area contributed by atoms with Crippen molar-refractivity contribution < 1.29 is 0 Å². The predicted octanol–water partition coefficient (Wildman–Crippen LogP) is 3.14. The number of nitrogens with zero attached hydrogens (tertiary/aromatic N) is 2. The van der Waals surface area contributed by atoms with Gasteiger partial charge in [0.1, 0.15) is 0 Å². The highest BCUT2D eigenvalue weighted by atomic mass is 15.3. The fraction of sp³-hybridized carbons (Fsp3) is 0.312. The van der Waals surface area contributed by atoms with Crippen molar-refractivity contribution in [3.05, 3.63) is 60.4 Å². The summed E-state index contributed by atoms with van der Waals surface area (Å²) in [6, 6.07) is 13.0. The lowest BCUT2D eigenvalue weighted by atomic mass is 10.1. The van der Waals surface area contributed by atoms with Gasteiger partial charge in [0.2, 0.25) is 0 Å². The lowest BCUT2D eigenvalue weighted by Gasteiger charge is -2.21. The minimum atomic E-state index is 0.347. The third-order valence-electron chi connectivity index (χ3n) is 3.33. The molecular formula is C16H21N3. The Kier molecular flexibility index (Phi) is 4.93. The first-order valence-electron chi connectivity index (χ1n) is 6.71. The Labute approximate surface area is 115 Å². The van der Waals surface area contributed by atoms with Crippen LogP contribution in [0.15, 0.2) is 54.9 Å². The Bertz CT molecular complexity index is 488. The summed E-state index contributed by atoms with van der Waals surface area (Å²) in [7, 11) is 0. The molecule has 3 nitrogen and oxygen atoms in total. The monoisotopic (exact) mass is 255 g/mol. The standard InChI is InChI=1S/C16H21N3/c1-14(15(2)19-13-7-12-18-19)17-11-6-10-16-8-4-3-5-9-16/h3-10,12-15,17H,11H2,1-2H3. The maximum absolute atomic E-state index is 4.27. The Balaban J connectivity index is 1.78. The predicted molar refractivity (Wildman–Crippen MR) is 79.9 cm³/mol. The molecule has 1 aromatic heterocycles. The van der Waals surface area contributed by atoms with E-state index in [1.54, 1.807) is 0 Å². The number of rotatable bonds is 6. The zero-order chi connectivity index (χ0) is 13.5. The molecule has 0 bridgehead atoms. The molecule has 3 heteroatoms. The second-order valence-corrected chi connectivity index (χ2v) is 4.74. The van der Waals surface area contributed by atoms with Gasteiger partial charge in [0, 0.05) is 25.0 Å². The topological polar surface area (TPSA) is 29.9 Å². The van der Waals surface area contributed by atoms with Crippen molar-refractivity contribution >= 4 is 6.08 Å². The second kappa shape index (κ2) is 6.90. The van der Waals surface area contributed by atoms with Crippen molar-refractivity contribution in [2.75, 3.05) is 6.54 Å². The number of aromatic nitrogens is 2. The molecular weight excluding hydrogens is 234 g/mol. The van der Waals surface area contributed by atoms with E-state index >= 15 is 0 Å². The second-order valence-electron chi connectivity index (χ2n) is 4.74. The van der Waals surface area contributed by atoms with E-state index in [1.165, 1.54) is 5.56 Å². The average molecular weight is 255 g/mol. The molecule has 0 spiro atoms. The van der Waals surface area contributed by atoms with Gasteiger partial charge >= 0.3 is 0 Å². The number of benzene rings is 1. The van der Waals surface area contributed by atoms with Gasteiger partial charge in [-0.1, -0.05) is 42.5 Å². The van der Waals surface area contributed by atoms with Crippen LogP contribution in [0.1, 0.15) is 25.5 Å². The smallest absolute Gasteiger partial charge is 0.0641 e. The van der Waals surface area contributed by atoms with Crippen molar-refractivity contribution in [1.29, 1.82) is 0 Å². The van der Waals surface area contributed by atoms with E-state index in [1.807, 2.05) is 29.2 Å². The summed E-state index contributed by atoms with van der Waals surface area (Å²) in [6.07, 6.45) is 8.11. The lowest BCUT2D eigenvalue weighted by Crippen LogP contribution is -2.34. The first kappa shape index (κ1) is 13.6. The van der Waals surface area contributed by atoms with E-state index in [0.717, 1.165) is 6.54 Å². The molecule has 0 saturated carbocycles. The zero-order valence-corrected chi connectivity index (χ0v) is 11.5. The molecule has 0 saturated heterocycles. The molecule has 0 aliphatic carbocycles. The summed E-state index contributed by atoms with van der Waals surface area (Å²) >= 11 is 0. The van der Waals surface area contributed by atoms with Crippen LogP contribution in [0.3, 0.4) is 0 Å². The van der Waals surface area contributed by atoms with Gasteiger partial charge in [0.05, 0.1) is 6.04 Å². The molecule has 1 N–H and O–H groups in total. The fourth-order valence-electron chi connectivity index (χ4n) is 1.93. The molecule has 1 heterocycles. The van der Waals surface area contributed by atoms with Gasteiger partial charge in [-0.05, 0) is 25.5 Å². The van der Waals surface area contributed by atoms with Crippen LogP contribution in [0, 0.1) is 0 Å². The third-order valence-corrected chi connectivity index (χ3v) is 3.33. The van der Waals surface area contributed by atoms with Crippen LogP contribution < -0.4 is 5.32 Å². The van der Waals surface area contributed by atoms with E-state index in [0.29, 0.717) is 12.1 Å². The molecule has 0 amide bonds. The van der Waals surface area contributed by atoms with E-state index in [9.17, 15) is 0 Å². The molecule has 0 aliphatic rings. The molecule has 2 atom stereocenters. The molecule has 2 aromatic rings. The van der Waals surface area contributed by atoms with Gasteiger partial charge in [0.25, 0.3) is 0 Å². The summed E-state index contributed by atoms with van der Waals surface area (Å²) in [5.74, 6) is 0. The van der Waals surface area contributed by atoms with E-state index in [2.05, 4.69) is 60.7 Å². The molecule has 1 aromatic carbocycles.